The lowest BCUT2D eigenvalue weighted by molar-refractivity contribution is 0.189. The lowest BCUT2D eigenvalue weighted by atomic mass is 10.1. The topological polar surface area (TPSA) is 23.5 Å². The first-order valence-corrected chi connectivity index (χ1v) is 5.16. The van der Waals surface area contributed by atoms with E-state index < -0.39 is 0 Å². The predicted octanol–water partition coefficient (Wildman–Crippen LogP) is 1.68. The molecular weight excluding hydrogens is 162 g/mol. The van der Waals surface area contributed by atoms with E-state index in [1.54, 1.807) is 0 Å². The monoisotopic (exact) mass is 179 g/mol. The zero-order valence-corrected chi connectivity index (χ0v) is 7.95. The highest BCUT2D eigenvalue weighted by atomic mass is 16.3. The lowest BCUT2D eigenvalue weighted by Crippen LogP contribution is -2.31. The van der Waals surface area contributed by atoms with Gasteiger partial charge < -0.3 is 10.0 Å². The van der Waals surface area contributed by atoms with Gasteiger partial charge in [-0.1, -0.05) is 12.2 Å². The van der Waals surface area contributed by atoms with Crippen LogP contribution in [0.2, 0.25) is 0 Å². The maximum atomic E-state index is 9.17. The van der Waals surface area contributed by atoms with Crippen molar-refractivity contribution in [1.29, 1.82) is 0 Å². The normalized spacial score (nSPS) is 27.9. The van der Waals surface area contributed by atoms with E-state index in [1.807, 2.05) is 0 Å². The second-order valence-electron chi connectivity index (χ2n) is 3.78. The first-order chi connectivity index (χ1) is 6.42. The van der Waals surface area contributed by atoms with E-state index in [2.05, 4.69) is 23.1 Å². The Morgan fingerprint density at radius 2 is 2.38 bits per heavy atom. The summed E-state index contributed by atoms with van der Waals surface area (Å²) in [6.07, 6.45) is 11.4. The molecule has 0 radical (unpaired) electrons. The number of nitrogens with zero attached hydrogens (tertiary/aromatic N) is 1. The number of aliphatic hydroxyl groups excluding tert-OH is 1. The predicted molar refractivity (Wildman–Crippen MR) is 53.3 cm³/mol. The molecular formula is C11H17NO. The van der Waals surface area contributed by atoms with E-state index in [0.29, 0.717) is 12.6 Å². The molecule has 1 unspecified atom stereocenters. The Labute approximate surface area is 79.6 Å². The molecule has 0 bridgehead atoms. The van der Waals surface area contributed by atoms with Crippen LogP contribution in [0.5, 0.6) is 0 Å². The number of rotatable bonds is 2. The Bertz CT molecular complexity index is 232. The molecule has 1 fully saturated rings. The van der Waals surface area contributed by atoms with Gasteiger partial charge in [0.1, 0.15) is 0 Å². The molecule has 0 aromatic carbocycles. The molecule has 0 spiro atoms. The van der Waals surface area contributed by atoms with Crippen LogP contribution < -0.4 is 0 Å². The van der Waals surface area contributed by atoms with E-state index in [9.17, 15) is 5.11 Å². The highest BCUT2D eigenvalue weighted by Gasteiger charge is 2.24. The third-order valence-corrected chi connectivity index (χ3v) is 2.89. The number of aliphatic hydroxyl groups is 1. The number of allylic oxidation sites excluding steroid dienone is 3. The molecule has 0 aromatic rings. The van der Waals surface area contributed by atoms with Crippen LogP contribution in [-0.4, -0.2) is 29.2 Å². The van der Waals surface area contributed by atoms with Crippen molar-refractivity contribution in [3.05, 3.63) is 23.9 Å². The molecule has 13 heavy (non-hydrogen) atoms. The minimum atomic E-state index is 0.297. The highest BCUT2D eigenvalue weighted by Crippen LogP contribution is 2.24. The van der Waals surface area contributed by atoms with Crippen molar-refractivity contribution in [2.24, 2.45) is 0 Å². The number of hydrogen-bond donors (Lipinski definition) is 1. The summed E-state index contributed by atoms with van der Waals surface area (Å²) in [4.78, 5) is 2.34. The van der Waals surface area contributed by atoms with Crippen LogP contribution in [0.4, 0.5) is 0 Å². The van der Waals surface area contributed by atoms with Gasteiger partial charge in [-0.15, -0.1) is 0 Å². The second-order valence-corrected chi connectivity index (χ2v) is 3.78. The summed E-state index contributed by atoms with van der Waals surface area (Å²) in [6, 6.07) is 0.369. The zero-order valence-electron chi connectivity index (χ0n) is 7.95. The van der Waals surface area contributed by atoms with E-state index >= 15 is 0 Å². The molecule has 0 aromatic heterocycles. The van der Waals surface area contributed by atoms with Crippen molar-refractivity contribution < 1.29 is 5.11 Å². The van der Waals surface area contributed by atoms with Crippen LogP contribution >= 0.6 is 0 Å². The molecule has 1 saturated heterocycles. The third kappa shape index (κ3) is 1.78. The molecule has 1 N–H and O–H groups in total. The van der Waals surface area contributed by atoms with Crippen molar-refractivity contribution in [2.45, 2.75) is 31.7 Å². The van der Waals surface area contributed by atoms with Crippen molar-refractivity contribution >= 4 is 0 Å². The van der Waals surface area contributed by atoms with Crippen LogP contribution in [0, 0.1) is 0 Å². The molecule has 2 heteroatoms. The molecule has 2 rings (SSSR count). The maximum Gasteiger partial charge on any atom is 0.0635 e. The third-order valence-electron chi connectivity index (χ3n) is 2.89. The van der Waals surface area contributed by atoms with Crippen molar-refractivity contribution in [2.75, 3.05) is 13.2 Å². The van der Waals surface area contributed by atoms with Gasteiger partial charge in [0, 0.05) is 12.2 Å². The van der Waals surface area contributed by atoms with Gasteiger partial charge >= 0.3 is 0 Å². The van der Waals surface area contributed by atoms with Gasteiger partial charge in [0.05, 0.1) is 12.6 Å². The highest BCUT2D eigenvalue weighted by molar-refractivity contribution is 5.22. The van der Waals surface area contributed by atoms with E-state index in [-0.39, 0.29) is 0 Å². The standard InChI is InChI=1S/C11H17NO/c13-9-11-7-4-8-12(11)10-5-2-1-3-6-10/h2,5-6,11,13H,1,3-4,7-9H2. The average Bonchev–Trinajstić information content (AvgIpc) is 2.67. The fraction of sp³-hybridized carbons (Fsp3) is 0.636. The molecule has 2 nitrogen and oxygen atoms in total. The van der Waals surface area contributed by atoms with Crippen molar-refractivity contribution in [1.82, 2.24) is 4.90 Å². The number of hydrogen-bond acceptors (Lipinski definition) is 2. The molecule has 1 atom stereocenters. The lowest BCUT2D eigenvalue weighted by Gasteiger charge is -2.27. The van der Waals surface area contributed by atoms with Crippen molar-refractivity contribution in [3.8, 4) is 0 Å². The molecule has 1 aliphatic carbocycles. The SMILES string of the molecule is OCC1CCCN1C1=CCCC=C1. The van der Waals surface area contributed by atoms with Gasteiger partial charge in [0.15, 0.2) is 0 Å². The van der Waals surface area contributed by atoms with Gasteiger partial charge in [-0.2, -0.15) is 0 Å². The van der Waals surface area contributed by atoms with Crippen LogP contribution in [-0.2, 0) is 0 Å². The molecule has 1 heterocycles. The molecule has 72 valence electrons. The van der Waals surface area contributed by atoms with Crippen LogP contribution in [0.15, 0.2) is 23.9 Å². The van der Waals surface area contributed by atoms with Crippen LogP contribution in [0.3, 0.4) is 0 Å². The Hall–Kier alpha value is -0.760. The van der Waals surface area contributed by atoms with E-state index in [4.69, 9.17) is 0 Å². The molecule has 0 amide bonds. The quantitative estimate of drug-likeness (QED) is 0.697. The van der Waals surface area contributed by atoms with Gasteiger partial charge in [0.25, 0.3) is 0 Å². The summed E-state index contributed by atoms with van der Waals surface area (Å²) in [7, 11) is 0. The fourth-order valence-corrected chi connectivity index (χ4v) is 2.18. The Morgan fingerprint density at radius 3 is 3.08 bits per heavy atom. The van der Waals surface area contributed by atoms with Gasteiger partial charge in [-0.05, 0) is 31.8 Å². The minimum absolute atomic E-state index is 0.297. The molecule has 1 aliphatic heterocycles. The fourth-order valence-electron chi connectivity index (χ4n) is 2.18. The zero-order chi connectivity index (χ0) is 9.10. The summed E-state index contributed by atoms with van der Waals surface area (Å²) in [5, 5.41) is 9.17. The minimum Gasteiger partial charge on any atom is -0.394 e. The van der Waals surface area contributed by atoms with Crippen LogP contribution in [0.1, 0.15) is 25.7 Å². The smallest absolute Gasteiger partial charge is 0.0635 e. The average molecular weight is 179 g/mol. The summed E-state index contributed by atoms with van der Waals surface area (Å²) >= 11 is 0. The van der Waals surface area contributed by atoms with Gasteiger partial charge in [-0.25, -0.2) is 0 Å². The summed E-state index contributed by atoms with van der Waals surface area (Å²) in [6.45, 7) is 1.41. The molecule has 0 saturated carbocycles. The van der Waals surface area contributed by atoms with E-state index in [0.717, 1.165) is 19.4 Å². The first kappa shape index (κ1) is 8.82. The summed E-state index contributed by atoms with van der Waals surface area (Å²) in [5.74, 6) is 0. The number of likely N-dealkylation sites (tertiary alicyclic amines) is 1. The molecule has 2 aliphatic rings. The first-order valence-electron chi connectivity index (χ1n) is 5.16. The summed E-state index contributed by atoms with van der Waals surface area (Å²) in [5.41, 5.74) is 1.32. The van der Waals surface area contributed by atoms with Crippen molar-refractivity contribution in [3.63, 3.8) is 0 Å². The van der Waals surface area contributed by atoms with Gasteiger partial charge in [0.2, 0.25) is 0 Å². The van der Waals surface area contributed by atoms with Crippen LogP contribution in [0.25, 0.3) is 0 Å². The van der Waals surface area contributed by atoms with Gasteiger partial charge in [-0.3, -0.25) is 0 Å². The Balaban J connectivity index is 2.06. The summed E-state index contributed by atoms with van der Waals surface area (Å²) < 4.78 is 0. The Morgan fingerprint density at radius 1 is 1.46 bits per heavy atom. The maximum absolute atomic E-state index is 9.17. The van der Waals surface area contributed by atoms with E-state index in [1.165, 1.54) is 18.5 Å². The second kappa shape index (κ2) is 3.97. The Kier molecular flexibility index (Phi) is 2.69. The largest absolute Gasteiger partial charge is 0.394 e.